The largest absolute Gasteiger partial charge is 0.486 e. The highest BCUT2D eigenvalue weighted by atomic mass is 16.6. The molecule has 0 radical (unpaired) electrons. The molecule has 1 atom stereocenters. The molecule has 1 amide bonds. The number of rotatable bonds is 8. The molecule has 2 aromatic rings. The van der Waals surface area contributed by atoms with E-state index in [-0.39, 0.29) is 18.1 Å². The third kappa shape index (κ3) is 6.06. The number of nitrogens with zero attached hydrogens (tertiary/aromatic N) is 3. The molecule has 0 unspecified atom stereocenters. The maximum Gasteiger partial charge on any atom is 0.252 e. The lowest BCUT2D eigenvalue weighted by Crippen LogP contribution is -2.44. The fraction of sp³-hybridized carbons (Fsp3) is 0.429. The molecular formula is C28H37N5O3. The SMILES string of the molecule is CN=C/C(=C\N)c1cc(OC2COC2)cc([C@@H](C)NC(=O)c2cc(N3CCN(C)CC3)ccc2C)c1. The Bertz CT molecular complexity index is 1130. The molecule has 0 saturated carbocycles. The molecule has 8 nitrogen and oxygen atoms in total. The van der Waals surface area contributed by atoms with E-state index in [4.69, 9.17) is 15.2 Å². The van der Waals surface area contributed by atoms with E-state index in [1.54, 1.807) is 13.3 Å². The summed E-state index contributed by atoms with van der Waals surface area (Å²) in [6, 6.07) is 11.8. The van der Waals surface area contributed by atoms with Gasteiger partial charge in [-0.3, -0.25) is 9.79 Å². The lowest BCUT2D eigenvalue weighted by Gasteiger charge is -2.34. The Morgan fingerprint density at radius 1 is 1.19 bits per heavy atom. The highest BCUT2D eigenvalue weighted by Crippen LogP contribution is 2.28. The first kappa shape index (κ1) is 25.7. The van der Waals surface area contributed by atoms with E-state index in [2.05, 4.69) is 33.2 Å². The van der Waals surface area contributed by atoms with Crippen LogP contribution >= 0.6 is 0 Å². The molecule has 36 heavy (non-hydrogen) atoms. The molecule has 2 aliphatic rings. The predicted molar refractivity (Wildman–Crippen MR) is 145 cm³/mol. The first-order chi connectivity index (χ1) is 17.4. The zero-order valence-corrected chi connectivity index (χ0v) is 21.7. The number of aryl methyl sites for hydroxylation is 1. The quantitative estimate of drug-likeness (QED) is 0.552. The van der Waals surface area contributed by atoms with Gasteiger partial charge in [-0.1, -0.05) is 6.07 Å². The van der Waals surface area contributed by atoms with Crippen LogP contribution in [0.1, 0.15) is 40.0 Å². The predicted octanol–water partition coefficient (Wildman–Crippen LogP) is 3.02. The van der Waals surface area contributed by atoms with Crippen LogP contribution in [0.5, 0.6) is 5.75 Å². The second kappa shape index (κ2) is 11.6. The number of amides is 1. The maximum atomic E-state index is 13.4. The molecule has 2 aromatic carbocycles. The summed E-state index contributed by atoms with van der Waals surface area (Å²) in [7, 11) is 3.84. The summed E-state index contributed by atoms with van der Waals surface area (Å²) in [4.78, 5) is 22.2. The highest BCUT2D eigenvalue weighted by molar-refractivity contribution is 6.09. The Balaban J connectivity index is 1.55. The molecule has 2 heterocycles. The number of nitrogens with one attached hydrogen (secondary N) is 1. The van der Waals surface area contributed by atoms with Gasteiger partial charge in [0.25, 0.3) is 5.91 Å². The molecule has 0 bridgehead atoms. The van der Waals surface area contributed by atoms with Gasteiger partial charge in [0.1, 0.15) is 11.9 Å². The minimum absolute atomic E-state index is 0.0307. The normalized spacial score (nSPS) is 18.2. The van der Waals surface area contributed by atoms with Crippen molar-refractivity contribution in [3.63, 3.8) is 0 Å². The van der Waals surface area contributed by atoms with Crippen LogP contribution in [0, 0.1) is 6.92 Å². The van der Waals surface area contributed by atoms with Gasteiger partial charge in [0, 0.05) is 62.5 Å². The third-order valence-electron chi connectivity index (χ3n) is 6.80. The molecule has 3 N–H and O–H groups in total. The second-order valence-electron chi connectivity index (χ2n) is 9.56. The van der Waals surface area contributed by atoms with Gasteiger partial charge in [-0.15, -0.1) is 0 Å². The van der Waals surface area contributed by atoms with Crippen molar-refractivity contribution in [1.29, 1.82) is 0 Å². The lowest BCUT2D eigenvalue weighted by molar-refractivity contribution is -0.0797. The van der Waals surface area contributed by atoms with Crippen LogP contribution in [0.4, 0.5) is 5.69 Å². The Labute approximate surface area is 213 Å². The number of benzene rings is 2. The summed E-state index contributed by atoms with van der Waals surface area (Å²) in [6.45, 7) is 9.04. The number of hydrogen-bond acceptors (Lipinski definition) is 7. The van der Waals surface area contributed by atoms with E-state index in [1.165, 1.54) is 6.20 Å². The van der Waals surface area contributed by atoms with E-state index < -0.39 is 0 Å². The van der Waals surface area contributed by atoms with Gasteiger partial charge in [-0.2, -0.15) is 0 Å². The fourth-order valence-electron chi connectivity index (χ4n) is 4.41. The van der Waals surface area contributed by atoms with Crippen molar-refractivity contribution >= 4 is 23.4 Å². The molecule has 0 aliphatic carbocycles. The number of nitrogens with two attached hydrogens (primary N) is 1. The number of allylic oxidation sites excluding steroid dienone is 1. The standard InChI is InChI=1S/C28H37N5O3/c1-19-5-6-24(33-9-7-32(4)8-10-33)14-27(19)28(34)31-20(2)21-11-22(23(15-29)16-30-3)13-25(12-21)36-26-17-35-18-26/h5-6,11-16,20,26H,7-10,17-18,29H2,1-4H3,(H,31,34)/b23-15+,30-16?/t20-/m1/s1. The average Bonchev–Trinajstić information content (AvgIpc) is 2.85. The van der Waals surface area contributed by atoms with E-state index in [9.17, 15) is 4.79 Å². The molecule has 0 aromatic heterocycles. The topological polar surface area (TPSA) is 92.4 Å². The molecule has 8 heteroatoms. The monoisotopic (exact) mass is 491 g/mol. The summed E-state index contributed by atoms with van der Waals surface area (Å²) in [5, 5.41) is 3.18. The Hall–Kier alpha value is -3.36. The average molecular weight is 492 g/mol. The zero-order valence-electron chi connectivity index (χ0n) is 21.7. The molecule has 2 fully saturated rings. The zero-order chi connectivity index (χ0) is 25.7. The van der Waals surface area contributed by atoms with Crippen LogP contribution in [0.25, 0.3) is 5.57 Å². The van der Waals surface area contributed by atoms with Crippen LogP contribution in [-0.2, 0) is 4.74 Å². The summed E-state index contributed by atoms with van der Waals surface area (Å²) in [6.07, 6.45) is 3.27. The fourth-order valence-corrected chi connectivity index (χ4v) is 4.41. The van der Waals surface area contributed by atoms with E-state index >= 15 is 0 Å². The number of hydrogen-bond donors (Lipinski definition) is 2. The van der Waals surface area contributed by atoms with E-state index in [1.807, 2.05) is 44.2 Å². The van der Waals surface area contributed by atoms with Crippen molar-refractivity contribution in [2.75, 3.05) is 58.4 Å². The number of carbonyl (C=O) groups excluding carboxylic acids is 1. The third-order valence-corrected chi connectivity index (χ3v) is 6.80. The molecular weight excluding hydrogens is 454 g/mol. The minimum Gasteiger partial charge on any atom is -0.486 e. The van der Waals surface area contributed by atoms with Gasteiger partial charge in [-0.05, 0) is 67.9 Å². The van der Waals surface area contributed by atoms with Crippen molar-refractivity contribution in [1.82, 2.24) is 10.2 Å². The molecule has 4 rings (SSSR count). The van der Waals surface area contributed by atoms with Crippen LogP contribution < -0.4 is 20.7 Å². The van der Waals surface area contributed by atoms with Crippen molar-refractivity contribution in [2.45, 2.75) is 26.0 Å². The smallest absolute Gasteiger partial charge is 0.252 e. The summed E-state index contributed by atoms with van der Waals surface area (Å²) >= 11 is 0. The number of aliphatic imine (C=N–C) groups is 1. The van der Waals surface area contributed by atoms with Crippen LogP contribution in [0.2, 0.25) is 0 Å². The summed E-state index contributed by atoms with van der Waals surface area (Å²) in [5.74, 6) is 0.620. The number of likely N-dealkylation sites (N-methyl/N-ethyl adjacent to an activating group) is 1. The summed E-state index contributed by atoms with van der Waals surface area (Å²) in [5.41, 5.74) is 11.2. The molecule has 2 saturated heterocycles. The van der Waals surface area contributed by atoms with Gasteiger partial charge in [-0.25, -0.2) is 0 Å². The number of ether oxygens (including phenoxy) is 2. The van der Waals surface area contributed by atoms with Gasteiger partial charge in [0.2, 0.25) is 0 Å². The first-order valence-electron chi connectivity index (χ1n) is 12.5. The lowest BCUT2D eigenvalue weighted by atomic mass is 9.99. The van der Waals surface area contributed by atoms with Gasteiger partial charge in [0.05, 0.1) is 19.3 Å². The van der Waals surface area contributed by atoms with Crippen LogP contribution in [0.15, 0.2) is 47.6 Å². The van der Waals surface area contributed by atoms with Gasteiger partial charge >= 0.3 is 0 Å². The second-order valence-corrected chi connectivity index (χ2v) is 9.56. The number of carbonyl (C=O) groups is 1. The van der Waals surface area contributed by atoms with Crippen molar-refractivity contribution in [3.8, 4) is 5.75 Å². The number of piperazine rings is 1. The Morgan fingerprint density at radius 3 is 2.58 bits per heavy atom. The van der Waals surface area contributed by atoms with Crippen molar-refractivity contribution in [2.24, 2.45) is 10.7 Å². The Morgan fingerprint density at radius 2 is 1.94 bits per heavy atom. The van der Waals surface area contributed by atoms with E-state index in [0.717, 1.165) is 54.1 Å². The first-order valence-corrected chi connectivity index (χ1v) is 12.5. The Kier molecular flexibility index (Phi) is 8.28. The van der Waals surface area contributed by atoms with E-state index in [0.29, 0.717) is 24.5 Å². The van der Waals surface area contributed by atoms with Crippen LogP contribution in [-0.4, -0.2) is 76.6 Å². The van der Waals surface area contributed by atoms with Crippen molar-refractivity contribution in [3.05, 3.63) is 64.9 Å². The minimum atomic E-state index is -0.248. The van der Waals surface area contributed by atoms with Crippen LogP contribution in [0.3, 0.4) is 0 Å². The number of anilines is 1. The molecule has 192 valence electrons. The summed E-state index contributed by atoms with van der Waals surface area (Å²) < 4.78 is 11.3. The van der Waals surface area contributed by atoms with Crippen molar-refractivity contribution < 1.29 is 14.3 Å². The molecule has 0 spiro atoms. The van der Waals surface area contributed by atoms with Gasteiger partial charge < -0.3 is 30.3 Å². The van der Waals surface area contributed by atoms with Gasteiger partial charge in [0.15, 0.2) is 0 Å². The highest BCUT2D eigenvalue weighted by Gasteiger charge is 2.22. The molecule has 2 aliphatic heterocycles. The maximum absolute atomic E-state index is 13.4.